The van der Waals surface area contributed by atoms with Crippen LogP contribution in [0.4, 0.5) is 0 Å². The summed E-state index contributed by atoms with van der Waals surface area (Å²) in [5.74, 6) is -0.217. The number of rotatable bonds is 15. The van der Waals surface area contributed by atoms with Gasteiger partial charge in [-0.05, 0) is 80.8 Å². The van der Waals surface area contributed by atoms with Crippen molar-refractivity contribution in [3.05, 3.63) is 100.0 Å². The van der Waals surface area contributed by atoms with E-state index in [-0.39, 0.29) is 25.0 Å². The molecule has 220 valence electrons. The Morgan fingerprint density at radius 2 is 1.81 bits per heavy atom. The van der Waals surface area contributed by atoms with Gasteiger partial charge in [0.25, 0.3) is 12.4 Å². The molecular weight excluding hydrogens is 552 g/mol. The topological polar surface area (TPSA) is 93.5 Å². The zero-order chi connectivity index (χ0) is 29.9. The van der Waals surface area contributed by atoms with Gasteiger partial charge in [0.15, 0.2) is 0 Å². The summed E-state index contributed by atoms with van der Waals surface area (Å²) in [5.41, 5.74) is 4.94. The predicted octanol–water partition coefficient (Wildman–Crippen LogP) is 5.85. The molecule has 0 unspecified atom stereocenters. The summed E-state index contributed by atoms with van der Waals surface area (Å²) in [6.07, 6.45) is 5.73. The van der Waals surface area contributed by atoms with E-state index in [4.69, 9.17) is 16.3 Å². The van der Waals surface area contributed by atoms with Crippen molar-refractivity contribution in [2.24, 2.45) is 0 Å². The molecule has 0 aliphatic heterocycles. The molecule has 0 bridgehead atoms. The molecule has 0 spiro atoms. The molecule has 42 heavy (non-hydrogen) atoms. The van der Waals surface area contributed by atoms with Gasteiger partial charge in [-0.1, -0.05) is 42.1 Å². The Kier molecular flexibility index (Phi) is 11.3. The highest BCUT2D eigenvalue weighted by Gasteiger charge is 2.21. The molecule has 0 aliphatic carbocycles. The van der Waals surface area contributed by atoms with Crippen molar-refractivity contribution in [3.63, 3.8) is 0 Å². The van der Waals surface area contributed by atoms with Crippen LogP contribution in [0.5, 0.6) is 0 Å². The number of nitrogens with one attached hydrogen (secondary N) is 1. The van der Waals surface area contributed by atoms with Crippen LogP contribution in [0.3, 0.4) is 0 Å². The molecule has 0 aliphatic rings. The fourth-order valence-electron chi connectivity index (χ4n) is 5.11. The summed E-state index contributed by atoms with van der Waals surface area (Å²) in [5, 5.41) is 4.53. The molecule has 0 fully saturated rings. The van der Waals surface area contributed by atoms with Gasteiger partial charge < -0.3 is 10.1 Å². The first-order valence-electron chi connectivity index (χ1n) is 14.2. The number of unbranched alkanes of at least 4 members (excludes halogenated alkanes) is 3. The summed E-state index contributed by atoms with van der Waals surface area (Å²) in [4.78, 5) is 43.5. The number of halogens is 1. The maximum atomic E-state index is 13.4. The number of benzene rings is 2. The van der Waals surface area contributed by atoms with Crippen LogP contribution in [-0.4, -0.2) is 52.6 Å². The minimum atomic E-state index is -0.152. The van der Waals surface area contributed by atoms with E-state index in [0.29, 0.717) is 30.1 Å². The van der Waals surface area contributed by atoms with Crippen LogP contribution >= 0.6 is 11.6 Å². The van der Waals surface area contributed by atoms with E-state index in [0.717, 1.165) is 65.6 Å². The normalized spacial score (nSPS) is 11.1. The van der Waals surface area contributed by atoms with Crippen LogP contribution in [-0.2, 0) is 27.3 Å². The molecule has 0 atom stereocenters. The van der Waals surface area contributed by atoms with Gasteiger partial charge >= 0.3 is 0 Å². The number of carbonyl (C=O) groups is 3. The largest absolute Gasteiger partial charge is 0.452 e. The van der Waals surface area contributed by atoms with E-state index >= 15 is 0 Å². The summed E-state index contributed by atoms with van der Waals surface area (Å²) in [6, 6.07) is 18.6. The number of carbonyl (C=O) groups excluding carboxylic acids is 3. The highest BCUT2D eigenvalue weighted by molar-refractivity contribution is 6.30. The fourth-order valence-corrected chi connectivity index (χ4v) is 5.24. The maximum absolute atomic E-state index is 13.4. The Balaban J connectivity index is 1.28. The lowest BCUT2D eigenvalue weighted by Gasteiger charge is -2.20. The summed E-state index contributed by atoms with van der Waals surface area (Å²) >= 11 is 6.02. The molecule has 2 aromatic heterocycles. The van der Waals surface area contributed by atoms with Gasteiger partial charge in [0.1, 0.15) is 6.73 Å². The SMILES string of the molecule is Cc1ccc2c(c1)c(CC(=O)NCCCCCCN(COC=O)Cc1ccccn1)c(C)n2C(=O)c1ccc(Cl)cc1. The third kappa shape index (κ3) is 8.27. The number of aryl methyl sites for hydroxylation is 1. The first-order chi connectivity index (χ1) is 20.4. The van der Waals surface area contributed by atoms with E-state index in [2.05, 4.69) is 15.2 Å². The van der Waals surface area contributed by atoms with Gasteiger partial charge in [-0.15, -0.1) is 0 Å². The smallest absolute Gasteiger partial charge is 0.294 e. The molecule has 1 amide bonds. The number of ether oxygens (including phenoxy) is 1. The Bertz CT molecular complexity index is 1500. The van der Waals surface area contributed by atoms with Crippen LogP contribution in [0.25, 0.3) is 10.9 Å². The van der Waals surface area contributed by atoms with Gasteiger partial charge in [0.05, 0.1) is 17.6 Å². The minimum Gasteiger partial charge on any atom is -0.452 e. The maximum Gasteiger partial charge on any atom is 0.294 e. The van der Waals surface area contributed by atoms with Crippen LogP contribution in [0, 0.1) is 13.8 Å². The summed E-state index contributed by atoms with van der Waals surface area (Å²) in [7, 11) is 0. The van der Waals surface area contributed by atoms with Crippen molar-refractivity contribution >= 4 is 40.8 Å². The van der Waals surface area contributed by atoms with Gasteiger partial charge in [0.2, 0.25) is 5.91 Å². The van der Waals surface area contributed by atoms with Gasteiger partial charge in [0, 0.05) is 47.5 Å². The molecular formula is C33H37ClN4O4. The number of aromatic nitrogens is 2. The Morgan fingerprint density at radius 3 is 2.55 bits per heavy atom. The third-order valence-electron chi connectivity index (χ3n) is 7.28. The van der Waals surface area contributed by atoms with Crippen molar-refractivity contribution in [3.8, 4) is 0 Å². The zero-order valence-corrected chi connectivity index (χ0v) is 24.9. The molecule has 0 radical (unpaired) electrons. The van der Waals surface area contributed by atoms with Crippen molar-refractivity contribution in [1.29, 1.82) is 0 Å². The first kappa shape index (κ1) is 30.9. The van der Waals surface area contributed by atoms with Crippen LogP contribution in [0.2, 0.25) is 5.02 Å². The Morgan fingerprint density at radius 1 is 1.02 bits per heavy atom. The van der Waals surface area contributed by atoms with E-state index in [1.54, 1.807) is 35.0 Å². The molecule has 4 aromatic rings. The van der Waals surface area contributed by atoms with Crippen LogP contribution < -0.4 is 5.32 Å². The number of nitrogens with zero attached hydrogens (tertiary/aromatic N) is 3. The van der Waals surface area contributed by atoms with Crippen LogP contribution in [0.15, 0.2) is 66.9 Å². The number of fused-ring (bicyclic) bond motifs is 1. The number of amides is 1. The lowest BCUT2D eigenvalue weighted by atomic mass is 10.1. The highest BCUT2D eigenvalue weighted by Crippen LogP contribution is 2.29. The number of hydrogen-bond donors (Lipinski definition) is 1. The summed E-state index contributed by atoms with van der Waals surface area (Å²) < 4.78 is 6.66. The molecule has 9 heteroatoms. The average molecular weight is 589 g/mol. The van der Waals surface area contributed by atoms with E-state index in [9.17, 15) is 14.4 Å². The second kappa shape index (κ2) is 15.3. The molecule has 2 heterocycles. The van der Waals surface area contributed by atoms with E-state index in [1.807, 2.05) is 50.2 Å². The average Bonchev–Trinajstić information content (AvgIpc) is 3.25. The highest BCUT2D eigenvalue weighted by atomic mass is 35.5. The van der Waals surface area contributed by atoms with E-state index in [1.165, 1.54) is 0 Å². The van der Waals surface area contributed by atoms with Crippen molar-refractivity contribution in [2.75, 3.05) is 19.8 Å². The standard InChI is InChI=1S/C33H37ClN4O4/c1-24-10-15-31-30(19-24)29(25(2)38(31)33(41)26-11-13-27(34)14-12-26)20-32(40)36-17-6-3-4-8-18-37(22-42-23-39)21-28-9-5-7-16-35-28/h5,7,9-16,19,23H,3-4,6,8,17-18,20-22H2,1-2H3,(H,36,40). The second-order valence-corrected chi connectivity index (χ2v) is 10.9. The molecule has 1 N–H and O–H groups in total. The van der Waals surface area contributed by atoms with Gasteiger partial charge in [-0.3, -0.25) is 28.8 Å². The molecule has 4 rings (SSSR count). The van der Waals surface area contributed by atoms with Crippen molar-refractivity contribution in [2.45, 2.75) is 52.5 Å². The fraction of sp³-hybridized carbons (Fsp3) is 0.333. The predicted molar refractivity (Wildman–Crippen MR) is 164 cm³/mol. The monoisotopic (exact) mass is 588 g/mol. The summed E-state index contributed by atoms with van der Waals surface area (Å²) in [6.45, 7) is 6.58. The second-order valence-electron chi connectivity index (χ2n) is 10.4. The zero-order valence-electron chi connectivity index (χ0n) is 24.1. The van der Waals surface area contributed by atoms with Gasteiger partial charge in [-0.2, -0.15) is 0 Å². The first-order valence-corrected chi connectivity index (χ1v) is 14.6. The molecule has 0 saturated carbocycles. The van der Waals surface area contributed by atoms with Crippen molar-refractivity contribution < 1.29 is 19.1 Å². The van der Waals surface area contributed by atoms with E-state index < -0.39 is 0 Å². The number of hydrogen-bond acceptors (Lipinski definition) is 6. The molecule has 8 nitrogen and oxygen atoms in total. The number of pyridine rings is 1. The Hall–Kier alpha value is -4.01. The lowest BCUT2D eigenvalue weighted by molar-refractivity contribution is -0.133. The quantitative estimate of drug-likeness (QED) is 0.106. The van der Waals surface area contributed by atoms with Crippen LogP contribution in [0.1, 0.15) is 58.6 Å². The Labute approximate surface area is 251 Å². The minimum absolute atomic E-state index is 0.0647. The third-order valence-corrected chi connectivity index (χ3v) is 7.53. The van der Waals surface area contributed by atoms with Crippen molar-refractivity contribution in [1.82, 2.24) is 19.8 Å². The molecule has 2 aromatic carbocycles. The molecule has 0 saturated heterocycles. The van der Waals surface area contributed by atoms with Gasteiger partial charge in [-0.25, -0.2) is 0 Å². The lowest BCUT2D eigenvalue weighted by Crippen LogP contribution is -2.28.